The lowest BCUT2D eigenvalue weighted by Crippen LogP contribution is -2.48. The second-order valence-corrected chi connectivity index (χ2v) is 9.38. The van der Waals surface area contributed by atoms with Gasteiger partial charge in [0.25, 0.3) is 10.2 Å². The van der Waals surface area contributed by atoms with Gasteiger partial charge in [0.05, 0.1) is 0 Å². The standard InChI is InChI=1S/C18H27N3O3S/c1-19(2)25(23,24)20-12-16-8-10-17(14-20)21(13-16)18(22)11-9-15-6-4-3-5-7-15/h3-7,16-17H,8-14H2,1-2H3/t16-,17+/m1/s1. The molecule has 0 saturated carbocycles. The summed E-state index contributed by atoms with van der Waals surface area (Å²) in [5.74, 6) is 0.372. The summed E-state index contributed by atoms with van der Waals surface area (Å²) >= 11 is 0. The van der Waals surface area contributed by atoms with E-state index in [4.69, 9.17) is 0 Å². The summed E-state index contributed by atoms with van der Waals surface area (Å²) in [4.78, 5) is 14.7. The van der Waals surface area contributed by atoms with Crippen LogP contribution in [0.15, 0.2) is 30.3 Å². The maximum absolute atomic E-state index is 12.8. The van der Waals surface area contributed by atoms with Crippen molar-refractivity contribution in [1.82, 2.24) is 13.5 Å². The quantitative estimate of drug-likeness (QED) is 0.791. The molecule has 0 radical (unpaired) electrons. The highest BCUT2D eigenvalue weighted by molar-refractivity contribution is 7.86. The first kappa shape index (κ1) is 18.4. The van der Waals surface area contributed by atoms with E-state index in [1.165, 1.54) is 4.31 Å². The van der Waals surface area contributed by atoms with Crippen molar-refractivity contribution < 1.29 is 13.2 Å². The molecule has 2 atom stereocenters. The Labute approximate surface area is 150 Å². The summed E-state index contributed by atoms with van der Waals surface area (Å²) in [6.45, 7) is 1.60. The highest BCUT2D eigenvalue weighted by Crippen LogP contribution is 2.30. The van der Waals surface area contributed by atoms with Gasteiger partial charge in [-0.3, -0.25) is 4.79 Å². The number of benzene rings is 1. The first-order valence-electron chi connectivity index (χ1n) is 8.89. The molecule has 4 rings (SSSR count). The van der Waals surface area contributed by atoms with Gasteiger partial charge in [-0.15, -0.1) is 0 Å². The van der Waals surface area contributed by atoms with Gasteiger partial charge in [-0.25, -0.2) is 0 Å². The summed E-state index contributed by atoms with van der Waals surface area (Å²) in [7, 11) is -0.304. The van der Waals surface area contributed by atoms with E-state index >= 15 is 0 Å². The molecule has 138 valence electrons. The average Bonchev–Trinajstić information content (AvgIpc) is 2.93. The molecule has 3 aliphatic heterocycles. The molecule has 1 aromatic rings. The van der Waals surface area contributed by atoms with Crippen molar-refractivity contribution in [3.63, 3.8) is 0 Å². The maximum Gasteiger partial charge on any atom is 0.281 e. The molecule has 6 nitrogen and oxygen atoms in total. The van der Waals surface area contributed by atoms with Gasteiger partial charge in [-0.2, -0.15) is 17.0 Å². The van der Waals surface area contributed by atoms with Gasteiger partial charge in [0, 0.05) is 46.2 Å². The van der Waals surface area contributed by atoms with Crippen LogP contribution in [0.5, 0.6) is 0 Å². The molecule has 25 heavy (non-hydrogen) atoms. The van der Waals surface area contributed by atoms with Gasteiger partial charge in [0.1, 0.15) is 0 Å². The zero-order valence-electron chi connectivity index (χ0n) is 15.0. The van der Waals surface area contributed by atoms with Crippen molar-refractivity contribution >= 4 is 16.1 Å². The van der Waals surface area contributed by atoms with Crippen LogP contribution >= 0.6 is 0 Å². The van der Waals surface area contributed by atoms with Crippen molar-refractivity contribution in [2.75, 3.05) is 33.7 Å². The monoisotopic (exact) mass is 365 g/mol. The predicted octanol–water partition coefficient (Wildman–Crippen LogP) is 1.35. The highest BCUT2D eigenvalue weighted by atomic mass is 32.2. The largest absolute Gasteiger partial charge is 0.338 e. The number of hydrogen-bond acceptors (Lipinski definition) is 3. The van der Waals surface area contributed by atoms with E-state index in [1.54, 1.807) is 18.4 Å². The van der Waals surface area contributed by atoms with Gasteiger partial charge in [-0.05, 0) is 30.7 Å². The Hall–Kier alpha value is -1.44. The summed E-state index contributed by atoms with van der Waals surface area (Å²) in [5.41, 5.74) is 1.16. The Morgan fingerprint density at radius 2 is 1.84 bits per heavy atom. The topological polar surface area (TPSA) is 60.9 Å². The molecule has 0 aromatic heterocycles. The van der Waals surface area contributed by atoms with Crippen LogP contribution in [-0.4, -0.2) is 67.6 Å². The van der Waals surface area contributed by atoms with E-state index < -0.39 is 10.2 Å². The summed E-state index contributed by atoms with van der Waals surface area (Å²) in [6, 6.07) is 10.0. The normalized spacial score (nSPS) is 24.5. The fourth-order valence-electron chi connectivity index (χ4n) is 3.80. The number of carbonyl (C=O) groups excluding carboxylic acids is 1. The lowest BCUT2D eigenvalue weighted by atomic mass is 9.94. The minimum atomic E-state index is -3.42. The molecule has 3 fully saturated rings. The molecule has 0 aliphatic carbocycles. The van der Waals surface area contributed by atoms with Crippen LogP contribution in [0, 0.1) is 5.92 Å². The highest BCUT2D eigenvalue weighted by Gasteiger charge is 2.41. The van der Waals surface area contributed by atoms with Crippen LogP contribution in [0.3, 0.4) is 0 Å². The zero-order chi connectivity index (χ0) is 18.0. The first-order chi connectivity index (χ1) is 11.9. The van der Waals surface area contributed by atoms with Crippen molar-refractivity contribution in [1.29, 1.82) is 0 Å². The Balaban J connectivity index is 1.67. The molecule has 3 aliphatic rings. The number of aryl methyl sites for hydroxylation is 1. The molecule has 3 saturated heterocycles. The van der Waals surface area contributed by atoms with Gasteiger partial charge < -0.3 is 4.90 Å². The average molecular weight is 365 g/mol. The summed E-state index contributed by atoms with van der Waals surface area (Å²) in [6.07, 6.45) is 3.09. The number of piperidine rings is 1. The Kier molecular flexibility index (Phi) is 5.46. The van der Waals surface area contributed by atoms with Crippen LogP contribution in [0.1, 0.15) is 24.8 Å². The molecule has 0 spiro atoms. The second kappa shape index (κ2) is 7.43. The van der Waals surface area contributed by atoms with Gasteiger partial charge >= 0.3 is 0 Å². The van der Waals surface area contributed by atoms with E-state index in [0.29, 0.717) is 26.1 Å². The van der Waals surface area contributed by atoms with Crippen molar-refractivity contribution in [3.05, 3.63) is 35.9 Å². The molecule has 0 N–H and O–H groups in total. The number of fused-ring (bicyclic) bond motifs is 4. The lowest BCUT2D eigenvalue weighted by Gasteiger charge is -2.36. The fourth-order valence-corrected chi connectivity index (χ4v) is 5.02. The van der Waals surface area contributed by atoms with E-state index in [2.05, 4.69) is 0 Å². The van der Waals surface area contributed by atoms with Crippen molar-refractivity contribution in [2.45, 2.75) is 31.7 Å². The van der Waals surface area contributed by atoms with Crippen LogP contribution in [-0.2, 0) is 21.4 Å². The number of rotatable bonds is 5. The maximum atomic E-state index is 12.8. The SMILES string of the molecule is CN(C)S(=O)(=O)N1C[C@H]2CC[C@@H](C1)N(C(=O)CCc1ccccc1)C2. The van der Waals surface area contributed by atoms with Crippen LogP contribution in [0.25, 0.3) is 0 Å². The molecular formula is C18H27N3O3S. The summed E-state index contributed by atoms with van der Waals surface area (Å²) < 4.78 is 27.8. The smallest absolute Gasteiger partial charge is 0.281 e. The van der Waals surface area contributed by atoms with Gasteiger partial charge in [-0.1, -0.05) is 30.3 Å². The Bertz CT molecular complexity index is 706. The minimum Gasteiger partial charge on any atom is -0.338 e. The number of nitrogens with zero attached hydrogens (tertiary/aromatic N) is 3. The molecule has 2 bridgehead atoms. The second-order valence-electron chi connectivity index (χ2n) is 7.24. The Morgan fingerprint density at radius 1 is 1.12 bits per heavy atom. The van der Waals surface area contributed by atoms with Crippen LogP contribution in [0.2, 0.25) is 0 Å². The Morgan fingerprint density at radius 3 is 2.52 bits per heavy atom. The van der Waals surface area contributed by atoms with Crippen LogP contribution in [0.4, 0.5) is 0 Å². The van der Waals surface area contributed by atoms with Crippen molar-refractivity contribution in [3.8, 4) is 0 Å². The predicted molar refractivity (Wildman–Crippen MR) is 97.2 cm³/mol. The van der Waals surface area contributed by atoms with E-state index in [9.17, 15) is 13.2 Å². The molecule has 0 unspecified atom stereocenters. The molecule has 1 aromatic carbocycles. The lowest BCUT2D eigenvalue weighted by molar-refractivity contribution is -0.135. The minimum absolute atomic E-state index is 0.00301. The third-order valence-corrected chi connectivity index (χ3v) is 7.13. The first-order valence-corrected chi connectivity index (χ1v) is 10.3. The van der Waals surface area contributed by atoms with Crippen molar-refractivity contribution in [2.24, 2.45) is 5.92 Å². The number of carbonyl (C=O) groups is 1. The van der Waals surface area contributed by atoms with Gasteiger partial charge in [0.2, 0.25) is 5.91 Å². The molecule has 1 amide bonds. The number of amides is 1. The van der Waals surface area contributed by atoms with E-state index in [0.717, 1.165) is 24.8 Å². The van der Waals surface area contributed by atoms with Gasteiger partial charge in [0.15, 0.2) is 0 Å². The third-order valence-electron chi connectivity index (χ3n) is 5.26. The molecule has 7 heteroatoms. The van der Waals surface area contributed by atoms with E-state index in [-0.39, 0.29) is 17.9 Å². The molecule has 3 heterocycles. The number of hydrogen-bond donors (Lipinski definition) is 0. The summed E-state index contributed by atoms with van der Waals surface area (Å²) in [5, 5.41) is 0. The zero-order valence-corrected chi connectivity index (χ0v) is 15.8. The third kappa shape index (κ3) is 4.04. The molecular weight excluding hydrogens is 338 g/mol. The van der Waals surface area contributed by atoms with E-state index in [1.807, 2.05) is 35.2 Å². The van der Waals surface area contributed by atoms with Crippen LogP contribution < -0.4 is 0 Å². The fraction of sp³-hybridized carbons (Fsp3) is 0.611.